The van der Waals surface area contributed by atoms with Crippen LogP contribution in [0.5, 0.6) is 0 Å². The number of imide groups is 1. The molecule has 2 N–H and O–H groups in total. The summed E-state index contributed by atoms with van der Waals surface area (Å²) in [6.07, 6.45) is 1.43. The second kappa shape index (κ2) is 9.70. The molecule has 1 saturated heterocycles. The number of para-hydroxylation sites is 1. The number of aryl methyl sites for hydroxylation is 1. The molecule has 172 valence electrons. The van der Waals surface area contributed by atoms with Crippen molar-refractivity contribution in [3.05, 3.63) is 80.9 Å². The number of amides is 3. The minimum absolute atomic E-state index is 0.121. The number of aromatic carboxylic acids is 1. The predicted octanol–water partition coefficient (Wildman–Crippen LogP) is 5.39. The minimum Gasteiger partial charge on any atom is -0.478 e. The fraction of sp³-hybridized carbons (Fsp3) is 0.0833. The van der Waals surface area contributed by atoms with Crippen molar-refractivity contribution in [2.45, 2.75) is 6.92 Å². The standard InChI is InChI=1S/C24H17BrN2O6S/c1-13-6-7-14(23(30)31)10-16(13)19-9-8-15(33-19)11-20-22(29)27(24(32)34-20)12-21(28)26-18-5-3-2-4-17(18)25/h2-11H,12H2,1H3,(H,26,28)(H,30,31)/b20-11-. The van der Waals surface area contributed by atoms with Gasteiger partial charge >= 0.3 is 5.97 Å². The zero-order chi connectivity index (χ0) is 24.4. The minimum atomic E-state index is -1.05. The second-order valence-electron chi connectivity index (χ2n) is 7.33. The Kier molecular flexibility index (Phi) is 6.71. The highest BCUT2D eigenvalue weighted by Gasteiger charge is 2.36. The molecule has 1 aliphatic heterocycles. The van der Waals surface area contributed by atoms with Gasteiger partial charge in [-0.15, -0.1) is 0 Å². The topological polar surface area (TPSA) is 117 Å². The van der Waals surface area contributed by atoms with Gasteiger partial charge in [0.2, 0.25) is 5.91 Å². The highest BCUT2D eigenvalue weighted by atomic mass is 79.9. The van der Waals surface area contributed by atoms with Crippen LogP contribution in [0.2, 0.25) is 0 Å². The molecule has 0 bridgehead atoms. The first-order valence-corrected chi connectivity index (χ1v) is 11.6. The normalized spacial score (nSPS) is 14.6. The van der Waals surface area contributed by atoms with Gasteiger partial charge in [0.05, 0.1) is 16.2 Å². The summed E-state index contributed by atoms with van der Waals surface area (Å²) in [6, 6.07) is 15.0. The fourth-order valence-corrected chi connectivity index (χ4v) is 4.46. The Morgan fingerprint density at radius 2 is 1.91 bits per heavy atom. The second-order valence-corrected chi connectivity index (χ2v) is 9.18. The van der Waals surface area contributed by atoms with Crippen LogP contribution in [0.4, 0.5) is 10.5 Å². The molecule has 10 heteroatoms. The van der Waals surface area contributed by atoms with E-state index >= 15 is 0 Å². The SMILES string of the molecule is Cc1ccc(C(=O)O)cc1-c1ccc(/C=C2\SC(=O)N(CC(=O)Nc3ccccc3Br)C2=O)o1. The summed E-state index contributed by atoms with van der Waals surface area (Å²) in [4.78, 5) is 49.8. The third kappa shape index (κ3) is 4.97. The molecular weight excluding hydrogens is 524 g/mol. The number of hydrogen-bond acceptors (Lipinski definition) is 6. The van der Waals surface area contributed by atoms with Gasteiger partial charge in [-0.1, -0.05) is 18.2 Å². The van der Waals surface area contributed by atoms with E-state index in [1.807, 2.05) is 6.92 Å². The van der Waals surface area contributed by atoms with Crippen LogP contribution in [0.1, 0.15) is 21.7 Å². The number of anilines is 1. The molecule has 1 aliphatic rings. The molecule has 0 radical (unpaired) electrons. The molecule has 0 saturated carbocycles. The van der Waals surface area contributed by atoms with Crippen molar-refractivity contribution in [2.75, 3.05) is 11.9 Å². The van der Waals surface area contributed by atoms with Crippen molar-refractivity contribution in [3.63, 3.8) is 0 Å². The van der Waals surface area contributed by atoms with E-state index in [0.717, 1.165) is 10.5 Å². The number of hydrogen-bond donors (Lipinski definition) is 2. The number of thioether (sulfide) groups is 1. The van der Waals surface area contributed by atoms with Gasteiger partial charge < -0.3 is 14.8 Å². The van der Waals surface area contributed by atoms with E-state index in [-0.39, 0.29) is 10.5 Å². The number of nitrogens with one attached hydrogen (secondary N) is 1. The first kappa shape index (κ1) is 23.5. The third-order valence-electron chi connectivity index (χ3n) is 4.97. The highest BCUT2D eigenvalue weighted by Crippen LogP contribution is 2.34. The maximum Gasteiger partial charge on any atom is 0.335 e. The van der Waals surface area contributed by atoms with Crippen molar-refractivity contribution in [3.8, 4) is 11.3 Å². The van der Waals surface area contributed by atoms with Crippen LogP contribution in [0, 0.1) is 6.92 Å². The van der Waals surface area contributed by atoms with Crippen LogP contribution in [-0.2, 0) is 9.59 Å². The Morgan fingerprint density at radius 1 is 1.15 bits per heavy atom. The molecule has 0 aliphatic carbocycles. The van der Waals surface area contributed by atoms with Gasteiger partial charge in [0, 0.05) is 16.1 Å². The average molecular weight is 541 g/mol. The van der Waals surface area contributed by atoms with E-state index in [0.29, 0.717) is 39.0 Å². The first-order chi connectivity index (χ1) is 16.2. The lowest BCUT2D eigenvalue weighted by Crippen LogP contribution is -2.36. The van der Waals surface area contributed by atoms with Gasteiger partial charge in [-0.25, -0.2) is 4.79 Å². The third-order valence-corrected chi connectivity index (χ3v) is 6.57. The summed E-state index contributed by atoms with van der Waals surface area (Å²) in [6.45, 7) is 1.40. The summed E-state index contributed by atoms with van der Waals surface area (Å²) in [5.41, 5.74) is 2.08. The maximum atomic E-state index is 12.7. The van der Waals surface area contributed by atoms with Gasteiger partial charge in [-0.05, 0) is 76.6 Å². The lowest BCUT2D eigenvalue weighted by molar-refractivity contribution is -0.127. The van der Waals surface area contributed by atoms with E-state index in [2.05, 4.69) is 21.2 Å². The number of furan rings is 1. The van der Waals surface area contributed by atoms with E-state index in [1.54, 1.807) is 42.5 Å². The molecule has 34 heavy (non-hydrogen) atoms. The van der Waals surface area contributed by atoms with E-state index < -0.39 is 29.6 Å². The molecule has 0 spiro atoms. The number of carbonyl (C=O) groups excluding carboxylic acids is 3. The maximum absolute atomic E-state index is 12.7. The van der Waals surface area contributed by atoms with Gasteiger partial charge in [-0.3, -0.25) is 19.3 Å². The lowest BCUT2D eigenvalue weighted by atomic mass is 10.0. The fourth-order valence-electron chi connectivity index (χ4n) is 3.26. The van der Waals surface area contributed by atoms with Gasteiger partial charge in [0.15, 0.2) is 0 Å². The predicted molar refractivity (Wildman–Crippen MR) is 131 cm³/mol. The monoisotopic (exact) mass is 540 g/mol. The zero-order valence-corrected chi connectivity index (χ0v) is 20.1. The molecule has 1 aromatic heterocycles. The summed E-state index contributed by atoms with van der Waals surface area (Å²) in [7, 11) is 0. The molecule has 4 rings (SSSR count). The smallest absolute Gasteiger partial charge is 0.335 e. The molecule has 1 fully saturated rings. The largest absolute Gasteiger partial charge is 0.478 e. The number of halogens is 1. The first-order valence-electron chi connectivity index (χ1n) is 9.97. The van der Waals surface area contributed by atoms with Crippen molar-refractivity contribution < 1.29 is 28.7 Å². The van der Waals surface area contributed by atoms with Crippen LogP contribution in [0.15, 0.2) is 68.4 Å². The van der Waals surface area contributed by atoms with Crippen molar-refractivity contribution in [1.82, 2.24) is 4.90 Å². The van der Waals surface area contributed by atoms with E-state index in [4.69, 9.17) is 4.42 Å². The molecule has 0 unspecified atom stereocenters. The van der Waals surface area contributed by atoms with Crippen molar-refractivity contribution >= 4 is 62.5 Å². The summed E-state index contributed by atoms with van der Waals surface area (Å²) < 4.78 is 6.47. The molecule has 2 heterocycles. The zero-order valence-electron chi connectivity index (χ0n) is 17.7. The number of carbonyl (C=O) groups is 4. The molecule has 2 aromatic carbocycles. The summed E-state index contributed by atoms with van der Waals surface area (Å²) in [5, 5.41) is 11.3. The Bertz CT molecular complexity index is 1360. The number of benzene rings is 2. The molecule has 8 nitrogen and oxygen atoms in total. The van der Waals surface area contributed by atoms with Gasteiger partial charge in [0.1, 0.15) is 18.1 Å². The Morgan fingerprint density at radius 3 is 2.65 bits per heavy atom. The van der Waals surface area contributed by atoms with E-state index in [9.17, 15) is 24.3 Å². The number of carboxylic acid groups (broad SMARTS) is 1. The number of nitrogens with zero attached hydrogens (tertiary/aromatic N) is 1. The van der Waals surface area contributed by atoms with Crippen molar-refractivity contribution in [2.24, 2.45) is 0 Å². The highest BCUT2D eigenvalue weighted by molar-refractivity contribution is 9.10. The van der Waals surface area contributed by atoms with Crippen LogP contribution >= 0.6 is 27.7 Å². The summed E-state index contributed by atoms with van der Waals surface area (Å²) in [5.74, 6) is -1.41. The summed E-state index contributed by atoms with van der Waals surface area (Å²) >= 11 is 4.04. The molecular formula is C24H17BrN2O6S. The molecule has 3 aromatic rings. The Balaban J connectivity index is 1.49. The quantitative estimate of drug-likeness (QED) is 0.402. The van der Waals surface area contributed by atoms with Crippen LogP contribution in [-0.4, -0.2) is 39.6 Å². The van der Waals surface area contributed by atoms with Crippen LogP contribution in [0.3, 0.4) is 0 Å². The average Bonchev–Trinajstić information content (AvgIpc) is 3.36. The van der Waals surface area contributed by atoms with Gasteiger partial charge in [-0.2, -0.15) is 0 Å². The molecule has 3 amide bonds. The Hall–Kier alpha value is -3.63. The number of carboxylic acids is 1. The van der Waals surface area contributed by atoms with Crippen LogP contribution in [0.25, 0.3) is 17.4 Å². The van der Waals surface area contributed by atoms with Gasteiger partial charge in [0.25, 0.3) is 11.1 Å². The van der Waals surface area contributed by atoms with Crippen LogP contribution < -0.4 is 5.32 Å². The van der Waals surface area contributed by atoms with Crippen molar-refractivity contribution in [1.29, 1.82) is 0 Å². The lowest BCUT2D eigenvalue weighted by Gasteiger charge is -2.13. The van der Waals surface area contributed by atoms with E-state index in [1.165, 1.54) is 18.2 Å². The molecule has 0 atom stereocenters. The number of rotatable bonds is 6. The Labute approximate surface area is 206 Å².